The highest BCUT2D eigenvalue weighted by Crippen LogP contribution is 2.43. The van der Waals surface area contributed by atoms with Crippen molar-refractivity contribution in [3.05, 3.63) is 39.8 Å². The van der Waals surface area contributed by atoms with E-state index in [4.69, 9.17) is 15.1 Å². The van der Waals surface area contributed by atoms with Gasteiger partial charge in [0.25, 0.3) is 0 Å². The van der Waals surface area contributed by atoms with E-state index in [2.05, 4.69) is 27.6 Å². The molecule has 2 heterocycles. The third-order valence-corrected chi connectivity index (χ3v) is 4.69. The summed E-state index contributed by atoms with van der Waals surface area (Å²) in [6.07, 6.45) is 4.10. The number of anilines is 1. The van der Waals surface area contributed by atoms with Crippen molar-refractivity contribution in [2.45, 2.75) is 18.8 Å². The van der Waals surface area contributed by atoms with Gasteiger partial charge in [-0.3, -0.25) is 0 Å². The third kappa shape index (κ3) is 1.88. The maximum Gasteiger partial charge on any atom is 0.165 e. The van der Waals surface area contributed by atoms with Crippen LogP contribution in [-0.2, 0) is 0 Å². The van der Waals surface area contributed by atoms with Crippen LogP contribution in [0.2, 0.25) is 0 Å². The quantitative estimate of drug-likeness (QED) is 0.687. The van der Waals surface area contributed by atoms with Crippen LogP contribution in [0.25, 0.3) is 22.4 Å². The molecule has 1 fully saturated rings. The lowest BCUT2D eigenvalue weighted by atomic mass is 10.1. The minimum atomic E-state index is 0.545. The second-order valence-electron chi connectivity index (χ2n) is 5.05. The molecule has 5 heteroatoms. The van der Waals surface area contributed by atoms with Crippen molar-refractivity contribution in [3.63, 3.8) is 0 Å². The lowest BCUT2D eigenvalue weighted by Crippen LogP contribution is -2.04. The second-order valence-corrected chi connectivity index (χ2v) is 6.13. The van der Waals surface area contributed by atoms with Crippen LogP contribution in [-0.4, -0.2) is 9.97 Å². The molecule has 0 unspecified atom stereocenters. The van der Waals surface area contributed by atoms with Gasteiger partial charge in [-0.15, -0.1) is 0 Å². The van der Waals surface area contributed by atoms with Gasteiger partial charge >= 0.3 is 0 Å². The number of furan rings is 1. The number of benzene rings is 1. The van der Waals surface area contributed by atoms with Gasteiger partial charge in [0.05, 0.1) is 14.8 Å². The maximum absolute atomic E-state index is 6.05. The van der Waals surface area contributed by atoms with Crippen molar-refractivity contribution in [2.75, 3.05) is 5.73 Å². The van der Waals surface area contributed by atoms with E-state index in [9.17, 15) is 0 Å². The first-order valence-electron chi connectivity index (χ1n) is 6.53. The van der Waals surface area contributed by atoms with E-state index < -0.39 is 0 Å². The molecule has 0 aliphatic heterocycles. The summed E-state index contributed by atoms with van der Waals surface area (Å²) in [5, 5.41) is 1.02. The summed E-state index contributed by atoms with van der Waals surface area (Å²) in [6.45, 7) is 0. The Morgan fingerprint density at radius 1 is 1.20 bits per heavy atom. The zero-order valence-corrected chi connectivity index (χ0v) is 12.8. The highest BCUT2D eigenvalue weighted by Gasteiger charge is 2.29. The van der Waals surface area contributed by atoms with Crippen LogP contribution in [0.5, 0.6) is 0 Å². The van der Waals surface area contributed by atoms with Crippen molar-refractivity contribution in [1.82, 2.24) is 9.97 Å². The smallest absolute Gasteiger partial charge is 0.165 e. The maximum atomic E-state index is 6.05. The largest absolute Gasteiger partial charge is 0.464 e. The highest BCUT2D eigenvalue weighted by atomic mass is 127. The van der Waals surface area contributed by atoms with Crippen molar-refractivity contribution >= 4 is 39.4 Å². The van der Waals surface area contributed by atoms with Gasteiger partial charge in [0.15, 0.2) is 5.82 Å². The first-order valence-corrected chi connectivity index (χ1v) is 7.61. The normalized spacial score (nSPS) is 14.8. The Morgan fingerprint density at radius 2 is 2.00 bits per heavy atom. The second kappa shape index (κ2) is 4.44. The van der Waals surface area contributed by atoms with Gasteiger partial charge in [-0.1, -0.05) is 18.2 Å². The predicted octanol–water partition coefficient (Wildman–Crippen LogP) is 3.95. The molecule has 1 aliphatic carbocycles. The average molecular weight is 377 g/mol. The minimum absolute atomic E-state index is 0.545. The molecular weight excluding hydrogens is 365 g/mol. The van der Waals surface area contributed by atoms with Crippen LogP contribution in [0.4, 0.5) is 5.82 Å². The molecule has 20 heavy (non-hydrogen) atoms. The molecule has 0 amide bonds. The van der Waals surface area contributed by atoms with Crippen LogP contribution in [0, 0.1) is 3.57 Å². The summed E-state index contributed by atoms with van der Waals surface area (Å²) in [4.78, 5) is 9.16. The Kier molecular flexibility index (Phi) is 2.70. The number of halogens is 1. The number of aromatic nitrogens is 2. The van der Waals surface area contributed by atoms with E-state index in [1.807, 2.05) is 24.3 Å². The SMILES string of the molecule is Nc1nc(-c2coc3ccccc23)nc(C2CC2)c1I. The molecule has 1 aromatic carbocycles. The van der Waals surface area contributed by atoms with Crippen molar-refractivity contribution in [2.24, 2.45) is 0 Å². The summed E-state index contributed by atoms with van der Waals surface area (Å²) >= 11 is 2.24. The monoisotopic (exact) mass is 377 g/mol. The number of para-hydroxylation sites is 1. The lowest BCUT2D eigenvalue weighted by molar-refractivity contribution is 0.616. The number of rotatable bonds is 2. The molecular formula is C15H12IN3O. The van der Waals surface area contributed by atoms with Crippen LogP contribution in [0.15, 0.2) is 34.9 Å². The topological polar surface area (TPSA) is 64.9 Å². The summed E-state index contributed by atoms with van der Waals surface area (Å²) in [7, 11) is 0. The van der Waals surface area contributed by atoms with E-state index in [-0.39, 0.29) is 0 Å². The Morgan fingerprint density at radius 3 is 2.80 bits per heavy atom. The summed E-state index contributed by atoms with van der Waals surface area (Å²) in [6, 6.07) is 7.90. The van der Waals surface area contributed by atoms with Gasteiger partial charge in [0.2, 0.25) is 0 Å². The predicted molar refractivity (Wildman–Crippen MR) is 86.3 cm³/mol. The van der Waals surface area contributed by atoms with Crippen molar-refractivity contribution < 1.29 is 4.42 Å². The summed E-state index contributed by atoms with van der Waals surface area (Å²) < 4.78 is 6.55. The molecule has 2 aromatic heterocycles. The fourth-order valence-corrected chi connectivity index (χ4v) is 3.06. The van der Waals surface area contributed by atoms with Gasteiger partial charge in [0, 0.05) is 11.3 Å². The number of nitrogens with zero attached hydrogens (tertiary/aromatic N) is 2. The van der Waals surface area contributed by atoms with E-state index in [1.54, 1.807) is 6.26 Å². The molecule has 4 nitrogen and oxygen atoms in total. The molecule has 0 radical (unpaired) electrons. The van der Waals surface area contributed by atoms with Gasteiger partial charge in [-0.2, -0.15) is 0 Å². The van der Waals surface area contributed by atoms with Gasteiger partial charge in [0.1, 0.15) is 17.7 Å². The number of nitrogen functional groups attached to an aromatic ring is 1. The van der Waals surface area contributed by atoms with Crippen LogP contribution in [0.3, 0.4) is 0 Å². The lowest BCUT2D eigenvalue weighted by Gasteiger charge is -2.07. The first kappa shape index (κ1) is 12.1. The standard InChI is InChI=1S/C15H12IN3O/c16-12-13(8-5-6-8)18-15(19-14(12)17)10-7-20-11-4-2-1-3-9(10)11/h1-4,7-8H,5-6H2,(H2,17,18,19). The minimum Gasteiger partial charge on any atom is -0.464 e. The molecule has 0 spiro atoms. The zero-order valence-electron chi connectivity index (χ0n) is 10.6. The highest BCUT2D eigenvalue weighted by molar-refractivity contribution is 14.1. The van der Waals surface area contributed by atoms with E-state index in [1.165, 1.54) is 12.8 Å². The molecule has 1 aliphatic rings. The van der Waals surface area contributed by atoms with E-state index in [0.29, 0.717) is 17.6 Å². The Labute approximate surface area is 129 Å². The van der Waals surface area contributed by atoms with Crippen molar-refractivity contribution in [1.29, 1.82) is 0 Å². The van der Waals surface area contributed by atoms with E-state index >= 15 is 0 Å². The van der Waals surface area contributed by atoms with E-state index in [0.717, 1.165) is 25.8 Å². The first-order chi connectivity index (χ1) is 9.74. The fourth-order valence-electron chi connectivity index (χ4n) is 2.38. The molecule has 2 N–H and O–H groups in total. The summed E-state index contributed by atoms with van der Waals surface area (Å²) in [5.74, 6) is 1.77. The zero-order chi connectivity index (χ0) is 13.7. The number of fused-ring (bicyclic) bond motifs is 1. The van der Waals surface area contributed by atoms with Crippen LogP contribution >= 0.6 is 22.6 Å². The Hall–Kier alpha value is -1.63. The molecule has 1 saturated carbocycles. The van der Waals surface area contributed by atoms with Crippen LogP contribution < -0.4 is 5.73 Å². The molecule has 100 valence electrons. The molecule has 4 rings (SSSR count). The Balaban J connectivity index is 1.94. The molecule has 0 atom stereocenters. The van der Waals surface area contributed by atoms with Gasteiger partial charge < -0.3 is 10.2 Å². The third-order valence-electron chi connectivity index (χ3n) is 3.59. The number of hydrogen-bond donors (Lipinski definition) is 1. The van der Waals surface area contributed by atoms with Crippen LogP contribution in [0.1, 0.15) is 24.5 Å². The molecule has 3 aromatic rings. The summed E-state index contributed by atoms with van der Waals surface area (Å²) in [5.41, 5.74) is 8.88. The Bertz CT molecular complexity index is 808. The molecule has 0 bridgehead atoms. The fraction of sp³-hybridized carbons (Fsp3) is 0.200. The van der Waals surface area contributed by atoms with Gasteiger partial charge in [-0.05, 0) is 41.5 Å². The number of hydrogen-bond acceptors (Lipinski definition) is 4. The molecule has 0 saturated heterocycles. The van der Waals surface area contributed by atoms with Gasteiger partial charge in [-0.25, -0.2) is 9.97 Å². The average Bonchev–Trinajstić information content (AvgIpc) is 3.21. The number of nitrogens with two attached hydrogens (primary N) is 1. The van der Waals surface area contributed by atoms with Crippen molar-refractivity contribution in [3.8, 4) is 11.4 Å².